The number of esters is 1. The first-order valence-electron chi connectivity index (χ1n) is 27.5. The fourth-order valence-corrected chi connectivity index (χ4v) is 21.6. The van der Waals surface area contributed by atoms with Crippen LogP contribution in [0.2, 0.25) is 0 Å². The van der Waals surface area contributed by atoms with Gasteiger partial charge in [0.1, 0.15) is 23.9 Å². The minimum Gasteiger partial charge on any atom is -0.459 e. The van der Waals surface area contributed by atoms with Gasteiger partial charge in [-0.2, -0.15) is 0 Å². The van der Waals surface area contributed by atoms with Gasteiger partial charge in [-0.25, -0.2) is 0 Å². The van der Waals surface area contributed by atoms with E-state index in [2.05, 4.69) is 0 Å². The van der Waals surface area contributed by atoms with E-state index in [1.807, 2.05) is 39.8 Å². The van der Waals surface area contributed by atoms with Crippen molar-refractivity contribution in [1.29, 1.82) is 0 Å². The van der Waals surface area contributed by atoms with Gasteiger partial charge in [-0.3, -0.25) is 9.59 Å². The number of aliphatic hydroxyl groups is 4. The van der Waals surface area contributed by atoms with Gasteiger partial charge in [-0.15, -0.1) is 0 Å². The zero-order chi connectivity index (χ0) is 48.2. The molecule has 0 radical (unpaired) electrons. The molecule has 5 fully saturated rings. The molecule has 3 saturated carbocycles. The van der Waals surface area contributed by atoms with Gasteiger partial charge in [0.05, 0.1) is 52.9 Å². The van der Waals surface area contributed by atoms with Gasteiger partial charge in [0.2, 0.25) is 5.91 Å². The van der Waals surface area contributed by atoms with Crippen molar-refractivity contribution in [2.24, 2.45) is 11.8 Å². The van der Waals surface area contributed by atoms with E-state index in [1.165, 1.54) is 122 Å². The molecule has 0 unspecified atom stereocenters. The Hall–Kier alpha value is -0.910. The van der Waals surface area contributed by atoms with E-state index < -0.39 is 67.1 Å². The van der Waals surface area contributed by atoms with Gasteiger partial charge in [0.15, 0.2) is 6.29 Å². The molecule has 1 amide bonds. The summed E-state index contributed by atoms with van der Waals surface area (Å²) in [5.74, 6) is -1.59. The summed E-state index contributed by atoms with van der Waals surface area (Å²) in [5.41, 5.74) is -0.223. The summed E-state index contributed by atoms with van der Waals surface area (Å²) in [4.78, 5) is 31.7. The number of rotatable bonds is 15. The second-order valence-electron chi connectivity index (χ2n) is 23.1. The van der Waals surface area contributed by atoms with Gasteiger partial charge in [0, 0.05) is 26.3 Å². The largest absolute Gasteiger partial charge is 0.459 e. The molecule has 0 spiro atoms. The Labute approximate surface area is 402 Å². The Morgan fingerprint density at radius 2 is 1.32 bits per heavy atom. The number of amides is 1. The molecule has 0 aromatic rings. The first kappa shape index (κ1) is 56.0. The lowest BCUT2D eigenvalue weighted by Gasteiger charge is -2.49. The predicted molar refractivity (Wildman–Crippen MR) is 268 cm³/mol. The van der Waals surface area contributed by atoms with Crippen LogP contribution in [0.4, 0.5) is 0 Å². The Bertz CT molecular complexity index is 1400. The first-order chi connectivity index (χ1) is 31.3. The molecule has 11 nitrogen and oxygen atoms in total. The number of likely N-dealkylation sites (N-methyl/N-ethyl adjacent to an activating group) is 1. The standard InChI is InChI=1S/C54H100N2O9P/c1-10-46-54(7,62)49(59)41(5)56(34-25-33-53(6,61)50(38(2)36-39(3)51(60)64-46)65-52-48(58)45(55(8)9)37-40(4)63-52)47(57)32-23-12-11-13-24-35-66(42-26-17-14-18-27-42,43-28-19-15-20-29-43)44-30-21-16-22-31-44/h38-46,48-50,52,58-59,61-62H,10-37H2,1-9H3/q+1/t38-,39+,40+,41+,45-,46+,48+,49+,50+,52-,53+,54+/m0/s1. The molecule has 0 aromatic heterocycles. The zero-order valence-corrected chi connectivity index (χ0v) is 44.4. The van der Waals surface area contributed by atoms with Crippen molar-refractivity contribution in [2.45, 2.75) is 292 Å². The molecular weight excluding hydrogens is 852 g/mol. The Morgan fingerprint density at radius 3 is 1.85 bits per heavy atom. The number of cyclic esters (lactones) is 1. The van der Waals surface area contributed by atoms with Crippen molar-refractivity contribution in [3.05, 3.63) is 0 Å². The lowest BCUT2D eigenvalue weighted by molar-refractivity contribution is -0.294. The summed E-state index contributed by atoms with van der Waals surface area (Å²) in [7, 11) is 2.75. The van der Waals surface area contributed by atoms with Crippen LogP contribution in [-0.2, 0) is 23.8 Å². The molecule has 4 N–H and O–H groups in total. The monoisotopic (exact) mass is 952 g/mol. The van der Waals surface area contributed by atoms with Crippen molar-refractivity contribution in [1.82, 2.24) is 9.80 Å². The highest BCUT2D eigenvalue weighted by Crippen LogP contribution is 2.77. The van der Waals surface area contributed by atoms with Crippen LogP contribution < -0.4 is 0 Å². The molecule has 0 bridgehead atoms. The van der Waals surface area contributed by atoms with E-state index in [0.29, 0.717) is 25.7 Å². The van der Waals surface area contributed by atoms with Crippen molar-refractivity contribution in [3.8, 4) is 0 Å². The highest BCUT2D eigenvalue weighted by atomic mass is 31.2. The maximum Gasteiger partial charge on any atom is 0.309 e. The summed E-state index contributed by atoms with van der Waals surface area (Å²) in [6, 6.07) is -0.989. The van der Waals surface area contributed by atoms with E-state index in [4.69, 9.17) is 14.2 Å². The van der Waals surface area contributed by atoms with E-state index >= 15 is 0 Å². The summed E-state index contributed by atoms with van der Waals surface area (Å²) in [5, 5.41) is 47.6. The van der Waals surface area contributed by atoms with Crippen LogP contribution >= 0.6 is 7.26 Å². The molecule has 2 heterocycles. The molecule has 384 valence electrons. The molecule has 12 heteroatoms. The molecule has 5 aliphatic rings. The van der Waals surface area contributed by atoms with Crippen LogP contribution in [0, 0.1) is 11.8 Å². The lowest BCUT2D eigenvalue weighted by Crippen LogP contribution is -2.60. The fourth-order valence-electron chi connectivity index (χ4n) is 14.0. The second-order valence-corrected chi connectivity index (χ2v) is 27.8. The number of hydrogen-bond donors (Lipinski definition) is 4. The fraction of sp³-hybridized carbons (Fsp3) is 0.963. The predicted octanol–water partition coefficient (Wildman–Crippen LogP) is 10.0. The van der Waals surface area contributed by atoms with Gasteiger partial charge >= 0.3 is 5.97 Å². The minimum absolute atomic E-state index is 0.0829. The van der Waals surface area contributed by atoms with Crippen LogP contribution in [0.15, 0.2) is 0 Å². The third-order valence-corrected chi connectivity index (χ3v) is 24.5. The number of ether oxygens (including phenoxy) is 3. The van der Waals surface area contributed by atoms with E-state index in [0.717, 1.165) is 36.2 Å². The summed E-state index contributed by atoms with van der Waals surface area (Å²) in [6.07, 6.45) is 25.7. The van der Waals surface area contributed by atoms with Crippen LogP contribution in [0.1, 0.15) is 215 Å². The third kappa shape index (κ3) is 14.2. The number of aliphatic hydroxyl groups excluding tert-OH is 2. The number of hydrogen-bond acceptors (Lipinski definition) is 10. The van der Waals surface area contributed by atoms with Crippen LogP contribution in [-0.4, -0.2) is 146 Å². The maximum atomic E-state index is 14.4. The Morgan fingerprint density at radius 1 is 0.788 bits per heavy atom. The molecule has 0 aromatic carbocycles. The van der Waals surface area contributed by atoms with Crippen molar-refractivity contribution in [3.63, 3.8) is 0 Å². The van der Waals surface area contributed by atoms with Gasteiger partial charge in [-0.1, -0.05) is 52.9 Å². The van der Waals surface area contributed by atoms with Crippen molar-refractivity contribution in [2.75, 3.05) is 26.8 Å². The molecule has 12 atom stereocenters. The number of carbonyl (C=O) groups excluding carboxylic acids is 2. The van der Waals surface area contributed by atoms with Gasteiger partial charge < -0.3 is 44.4 Å². The summed E-state index contributed by atoms with van der Waals surface area (Å²) >= 11 is 0. The SMILES string of the molecule is CC[C@H]1OC(=O)[C@H](C)C[C@H](C)[C@@H](O[C@@H]2O[C@H](C)C[C@H](N(C)C)[C@H]2O)[C@](C)(O)CCCN(C(=O)CCCCCCC[P+](C2CCCCC2)(C2CCCCC2)C2CCCCC2)[C@H](C)[C@@H](O)[C@]1(C)O. The Balaban J connectivity index is 1.27. The molecule has 2 saturated heterocycles. The highest BCUT2D eigenvalue weighted by Gasteiger charge is 2.56. The smallest absolute Gasteiger partial charge is 0.309 e. The van der Waals surface area contributed by atoms with Crippen LogP contribution in [0.25, 0.3) is 0 Å². The second kappa shape index (κ2) is 26.0. The molecular formula is C54H100N2O9P+. The minimum atomic E-state index is -1.83. The molecule has 66 heavy (non-hydrogen) atoms. The number of carbonyl (C=O) groups is 2. The number of unbranched alkanes of at least 4 members (excludes halogenated alkanes) is 4. The normalized spacial score (nSPS) is 37.3. The summed E-state index contributed by atoms with van der Waals surface area (Å²) in [6.45, 7) is 12.7. The maximum absolute atomic E-state index is 14.4. The van der Waals surface area contributed by atoms with Gasteiger partial charge in [-0.05, 0) is 176 Å². The molecule has 3 aliphatic carbocycles. The quantitative estimate of drug-likeness (QED) is 0.0710. The summed E-state index contributed by atoms with van der Waals surface area (Å²) < 4.78 is 18.8. The first-order valence-corrected chi connectivity index (χ1v) is 29.7. The average molecular weight is 952 g/mol. The van der Waals surface area contributed by atoms with Crippen molar-refractivity contribution >= 4 is 19.1 Å². The third-order valence-electron chi connectivity index (χ3n) is 17.7. The van der Waals surface area contributed by atoms with E-state index in [-0.39, 0.29) is 43.4 Å². The van der Waals surface area contributed by atoms with Gasteiger partial charge in [0.25, 0.3) is 0 Å². The lowest BCUT2D eigenvalue weighted by atomic mass is 9.81. The number of nitrogens with zero attached hydrogens (tertiary/aromatic N) is 2. The van der Waals surface area contributed by atoms with Crippen LogP contribution in [0.3, 0.4) is 0 Å². The molecule has 5 rings (SSSR count). The van der Waals surface area contributed by atoms with Crippen molar-refractivity contribution < 1.29 is 44.2 Å². The van der Waals surface area contributed by atoms with E-state index in [9.17, 15) is 30.0 Å². The van der Waals surface area contributed by atoms with E-state index in [1.54, 1.807) is 25.7 Å². The highest BCUT2D eigenvalue weighted by molar-refractivity contribution is 7.77. The average Bonchev–Trinajstić information content (AvgIpc) is 3.30. The Kier molecular flexibility index (Phi) is 22.0. The van der Waals surface area contributed by atoms with Crippen LogP contribution in [0.5, 0.6) is 0 Å². The molecule has 2 aliphatic heterocycles. The topological polar surface area (TPSA) is 149 Å². The zero-order valence-electron chi connectivity index (χ0n) is 43.5.